The number of methoxy groups -OCH3 is 1. The first kappa shape index (κ1) is 18.3. The topological polar surface area (TPSA) is 71.5 Å². The van der Waals surface area contributed by atoms with E-state index < -0.39 is 0 Å². The Kier molecular flexibility index (Phi) is 5.83. The van der Waals surface area contributed by atoms with Crippen molar-refractivity contribution in [3.05, 3.63) is 36.0 Å². The molecule has 0 saturated carbocycles. The number of nitrogens with one attached hydrogen (secondary N) is 1. The zero-order valence-electron chi connectivity index (χ0n) is 15.3. The molecule has 3 rings (SSSR count). The zero-order chi connectivity index (χ0) is 18.5. The van der Waals surface area contributed by atoms with Crippen LogP contribution in [0.1, 0.15) is 37.8 Å². The fraction of sp³-hybridized carbons (Fsp3) is 0.450. The van der Waals surface area contributed by atoms with E-state index in [1.807, 2.05) is 35.2 Å². The molecule has 1 saturated heterocycles. The van der Waals surface area contributed by atoms with Crippen molar-refractivity contribution in [3.63, 3.8) is 0 Å². The summed E-state index contributed by atoms with van der Waals surface area (Å²) in [4.78, 5) is 30.5. The molecule has 0 aliphatic carbocycles. The lowest BCUT2D eigenvalue weighted by Crippen LogP contribution is -2.38. The molecule has 1 aliphatic rings. The van der Waals surface area contributed by atoms with Crippen LogP contribution in [0.4, 0.5) is 5.69 Å². The number of amides is 2. The number of likely N-dealkylation sites (tertiary alicyclic amines) is 1. The Morgan fingerprint density at radius 3 is 2.69 bits per heavy atom. The Balaban J connectivity index is 1.79. The Labute approximate surface area is 153 Å². The van der Waals surface area contributed by atoms with Crippen LogP contribution in [0, 0.1) is 0 Å². The molecule has 2 aromatic rings. The van der Waals surface area contributed by atoms with Crippen LogP contribution in [0.25, 0.3) is 10.9 Å². The highest BCUT2D eigenvalue weighted by Gasteiger charge is 2.26. The van der Waals surface area contributed by atoms with Gasteiger partial charge in [-0.2, -0.15) is 0 Å². The smallest absolute Gasteiger partial charge is 0.224 e. The van der Waals surface area contributed by atoms with Gasteiger partial charge in [0.15, 0.2) is 0 Å². The molecule has 1 aliphatic heterocycles. The molecule has 0 radical (unpaired) electrons. The molecular weight excluding hydrogens is 330 g/mol. The molecule has 2 amide bonds. The Bertz CT molecular complexity index is 798. The number of ether oxygens (including phenoxy) is 1. The molecule has 0 atom stereocenters. The van der Waals surface area contributed by atoms with Gasteiger partial charge in [-0.3, -0.25) is 14.6 Å². The second-order valence-electron chi connectivity index (χ2n) is 6.69. The lowest BCUT2D eigenvalue weighted by Gasteiger charge is -2.32. The molecule has 6 nitrogen and oxygen atoms in total. The van der Waals surface area contributed by atoms with Crippen LogP contribution in [0.3, 0.4) is 0 Å². The quantitative estimate of drug-likeness (QED) is 0.895. The summed E-state index contributed by atoms with van der Waals surface area (Å²) in [5.74, 6) is 0.266. The highest BCUT2D eigenvalue weighted by molar-refractivity contribution is 5.93. The summed E-state index contributed by atoms with van der Waals surface area (Å²) in [5, 5.41) is 3.93. The minimum atomic E-state index is -0.101. The molecule has 0 unspecified atom stereocenters. The van der Waals surface area contributed by atoms with Gasteiger partial charge in [-0.05, 0) is 25.0 Å². The van der Waals surface area contributed by atoms with Gasteiger partial charge < -0.3 is 15.0 Å². The highest BCUT2D eigenvalue weighted by Crippen LogP contribution is 2.33. The van der Waals surface area contributed by atoms with Crippen LogP contribution in [0.15, 0.2) is 30.3 Å². The minimum absolute atomic E-state index is 0.101. The van der Waals surface area contributed by atoms with E-state index in [2.05, 4.69) is 5.32 Å². The van der Waals surface area contributed by atoms with Gasteiger partial charge >= 0.3 is 0 Å². The third-order valence-corrected chi connectivity index (χ3v) is 4.82. The third kappa shape index (κ3) is 4.19. The van der Waals surface area contributed by atoms with Crippen molar-refractivity contribution >= 4 is 28.4 Å². The SMILES string of the molecule is COCCC(=O)N1CCC(c2nc3ccccc3cc2NC(C)=O)CC1. The van der Waals surface area contributed by atoms with E-state index in [-0.39, 0.29) is 17.7 Å². The van der Waals surface area contributed by atoms with Crippen molar-refractivity contribution in [2.45, 2.75) is 32.1 Å². The van der Waals surface area contributed by atoms with E-state index in [1.165, 1.54) is 6.92 Å². The Morgan fingerprint density at radius 1 is 1.27 bits per heavy atom. The number of piperidine rings is 1. The number of para-hydroxylation sites is 1. The van der Waals surface area contributed by atoms with E-state index in [9.17, 15) is 9.59 Å². The normalized spacial score (nSPS) is 15.2. The number of fused-ring (bicyclic) bond motifs is 1. The van der Waals surface area contributed by atoms with Crippen molar-refractivity contribution in [2.24, 2.45) is 0 Å². The molecule has 1 N–H and O–H groups in total. The van der Waals surface area contributed by atoms with Gasteiger partial charge in [-0.1, -0.05) is 18.2 Å². The molecule has 6 heteroatoms. The molecule has 0 bridgehead atoms. The fourth-order valence-electron chi connectivity index (χ4n) is 3.48. The number of pyridine rings is 1. The summed E-state index contributed by atoms with van der Waals surface area (Å²) >= 11 is 0. The van der Waals surface area contributed by atoms with Gasteiger partial charge in [0.2, 0.25) is 11.8 Å². The van der Waals surface area contributed by atoms with E-state index in [0.717, 1.165) is 35.1 Å². The largest absolute Gasteiger partial charge is 0.384 e. The number of rotatable bonds is 5. The van der Waals surface area contributed by atoms with Crippen molar-refractivity contribution in [2.75, 3.05) is 32.1 Å². The van der Waals surface area contributed by atoms with E-state index >= 15 is 0 Å². The number of anilines is 1. The predicted octanol–water partition coefficient (Wildman–Crippen LogP) is 2.94. The maximum atomic E-state index is 12.2. The summed E-state index contributed by atoms with van der Waals surface area (Å²) in [6.07, 6.45) is 2.11. The van der Waals surface area contributed by atoms with Gasteiger partial charge in [0.25, 0.3) is 0 Å². The number of hydrogen-bond acceptors (Lipinski definition) is 4. The standard InChI is InChI=1S/C20H25N3O3/c1-14(24)21-18-13-16-5-3-4-6-17(16)22-20(18)15-7-10-23(11-8-15)19(25)9-12-26-2/h3-6,13,15H,7-12H2,1-2H3,(H,21,24). The van der Waals surface area contributed by atoms with Crippen molar-refractivity contribution in [3.8, 4) is 0 Å². The van der Waals surface area contributed by atoms with E-state index in [1.54, 1.807) is 7.11 Å². The van der Waals surface area contributed by atoms with E-state index in [4.69, 9.17) is 9.72 Å². The monoisotopic (exact) mass is 355 g/mol. The molecular formula is C20H25N3O3. The summed E-state index contributed by atoms with van der Waals surface area (Å²) in [6, 6.07) is 9.91. The number of carbonyl (C=O) groups is 2. The maximum Gasteiger partial charge on any atom is 0.224 e. The summed E-state index contributed by atoms with van der Waals surface area (Å²) in [7, 11) is 1.61. The number of aromatic nitrogens is 1. The number of hydrogen-bond donors (Lipinski definition) is 1. The second kappa shape index (κ2) is 8.27. The van der Waals surface area contributed by atoms with Gasteiger partial charge in [0.05, 0.1) is 29.9 Å². The molecule has 138 valence electrons. The molecule has 2 heterocycles. The molecule has 0 spiro atoms. The Hall–Kier alpha value is -2.47. The van der Waals surface area contributed by atoms with Crippen LogP contribution in [0.5, 0.6) is 0 Å². The van der Waals surface area contributed by atoms with Crippen LogP contribution < -0.4 is 5.32 Å². The zero-order valence-corrected chi connectivity index (χ0v) is 15.3. The molecule has 26 heavy (non-hydrogen) atoms. The Morgan fingerprint density at radius 2 is 2.00 bits per heavy atom. The summed E-state index contributed by atoms with van der Waals surface area (Å²) < 4.78 is 4.99. The maximum absolute atomic E-state index is 12.2. The number of nitrogens with zero attached hydrogens (tertiary/aromatic N) is 2. The lowest BCUT2D eigenvalue weighted by molar-refractivity contribution is -0.133. The highest BCUT2D eigenvalue weighted by atomic mass is 16.5. The second-order valence-corrected chi connectivity index (χ2v) is 6.69. The number of carbonyl (C=O) groups excluding carboxylic acids is 2. The summed E-state index contributed by atoms with van der Waals surface area (Å²) in [5.41, 5.74) is 2.62. The molecule has 1 fully saturated rings. The third-order valence-electron chi connectivity index (χ3n) is 4.82. The predicted molar refractivity (Wildman–Crippen MR) is 101 cm³/mol. The van der Waals surface area contributed by atoms with Crippen LogP contribution in [0.2, 0.25) is 0 Å². The first-order valence-corrected chi connectivity index (χ1v) is 9.02. The van der Waals surface area contributed by atoms with Gasteiger partial charge in [0.1, 0.15) is 0 Å². The van der Waals surface area contributed by atoms with Crippen molar-refractivity contribution < 1.29 is 14.3 Å². The number of benzene rings is 1. The van der Waals surface area contributed by atoms with Crippen LogP contribution in [-0.2, 0) is 14.3 Å². The average Bonchev–Trinajstić information content (AvgIpc) is 2.65. The average molecular weight is 355 g/mol. The van der Waals surface area contributed by atoms with Gasteiger partial charge in [-0.25, -0.2) is 0 Å². The minimum Gasteiger partial charge on any atom is -0.384 e. The van der Waals surface area contributed by atoms with Crippen LogP contribution in [-0.4, -0.2) is 48.5 Å². The first-order chi connectivity index (χ1) is 12.6. The van der Waals surface area contributed by atoms with E-state index in [0.29, 0.717) is 26.1 Å². The van der Waals surface area contributed by atoms with Gasteiger partial charge in [-0.15, -0.1) is 0 Å². The van der Waals surface area contributed by atoms with Gasteiger partial charge in [0, 0.05) is 38.4 Å². The fourth-order valence-corrected chi connectivity index (χ4v) is 3.48. The summed E-state index contributed by atoms with van der Waals surface area (Å²) in [6.45, 7) is 3.39. The first-order valence-electron chi connectivity index (χ1n) is 9.02. The molecule has 1 aromatic carbocycles. The van der Waals surface area contributed by atoms with Crippen molar-refractivity contribution in [1.29, 1.82) is 0 Å². The van der Waals surface area contributed by atoms with Crippen molar-refractivity contribution in [1.82, 2.24) is 9.88 Å². The lowest BCUT2D eigenvalue weighted by atomic mass is 9.91. The van der Waals surface area contributed by atoms with Crippen LogP contribution >= 0.6 is 0 Å². The molecule has 1 aromatic heterocycles.